The normalized spacial score (nSPS) is 20.1. The lowest BCUT2D eigenvalue weighted by molar-refractivity contribution is 0.203. The summed E-state index contributed by atoms with van der Waals surface area (Å²) < 4.78 is 30.7. The molecule has 1 fully saturated rings. The Hall–Kier alpha value is -0.850. The van der Waals surface area contributed by atoms with Gasteiger partial charge < -0.3 is 9.73 Å². The van der Waals surface area contributed by atoms with Crippen LogP contribution in [-0.2, 0) is 16.6 Å². The first-order valence-electron chi connectivity index (χ1n) is 7.08. The molecule has 2 N–H and O–H groups in total. The highest BCUT2D eigenvalue weighted by Gasteiger charge is 2.26. The average molecular weight is 300 g/mol. The molecule has 114 valence electrons. The third kappa shape index (κ3) is 3.84. The molecule has 1 aromatic rings. The fourth-order valence-electron chi connectivity index (χ4n) is 2.55. The van der Waals surface area contributed by atoms with Crippen LogP contribution in [0.3, 0.4) is 0 Å². The van der Waals surface area contributed by atoms with Gasteiger partial charge in [-0.05, 0) is 50.3 Å². The van der Waals surface area contributed by atoms with Gasteiger partial charge in [-0.15, -0.1) is 0 Å². The van der Waals surface area contributed by atoms with Gasteiger partial charge in [0.25, 0.3) is 10.0 Å². The largest absolute Gasteiger partial charge is 0.447 e. The molecule has 0 spiro atoms. The van der Waals surface area contributed by atoms with Crippen molar-refractivity contribution >= 4 is 10.0 Å². The predicted octanol–water partition coefficient (Wildman–Crippen LogP) is 2.25. The van der Waals surface area contributed by atoms with E-state index in [9.17, 15) is 8.42 Å². The fraction of sp³-hybridized carbons (Fsp3) is 0.714. The number of sulfonamides is 1. The predicted molar refractivity (Wildman–Crippen MR) is 77.8 cm³/mol. The van der Waals surface area contributed by atoms with Crippen molar-refractivity contribution in [3.05, 3.63) is 17.9 Å². The van der Waals surface area contributed by atoms with Crippen LogP contribution in [0.15, 0.2) is 21.6 Å². The Morgan fingerprint density at radius 3 is 2.55 bits per heavy atom. The zero-order valence-corrected chi connectivity index (χ0v) is 13.2. The van der Waals surface area contributed by atoms with Crippen molar-refractivity contribution in [3.63, 3.8) is 0 Å². The second kappa shape index (κ2) is 5.87. The van der Waals surface area contributed by atoms with E-state index < -0.39 is 10.0 Å². The first kappa shape index (κ1) is 15.5. The van der Waals surface area contributed by atoms with E-state index in [-0.39, 0.29) is 5.09 Å². The van der Waals surface area contributed by atoms with Crippen LogP contribution in [0.1, 0.15) is 45.3 Å². The lowest BCUT2D eigenvalue weighted by Crippen LogP contribution is -2.35. The lowest BCUT2D eigenvalue weighted by Gasteiger charge is -2.34. The molecule has 0 aromatic carbocycles. The SMILES string of the molecule is CNS(=O)(=O)c1ccc(CNC2CCC(C)(C)CC2)o1. The standard InChI is InChI=1S/C14H24N2O3S/c1-14(2)8-6-11(7-9-14)16-10-12-4-5-13(19-12)20(17,18)15-3/h4-5,11,15-16H,6-10H2,1-3H3. The molecule has 0 amide bonds. The van der Waals surface area contributed by atoms with E-state index >= 15 is 0 Å². The number of furan rings is 1. The Kier molecular flexibility index (Phi) is 4.56. The first-order valence-corrected chi connectivity index (χ1v) is 8.56. The van der Waals surface area contributed by atoms with Gasteiger partial charge in [-0.25, -0.2) is 13.1 Å². The van der Waals surface area contributed by atoms with Crippen LogP contribution in [0.4, 0.5) is 0 Å². The van der Waals surface area contributed by atoms with Crippen LogP contribution < -0.4 is 10.0 Å². The van der Waals surface area contributed by atoms with Crippen LogP contribution in [0.2, 0.25) is 0 Å². The molecule has 20 heavy (non-hydrogen) atoms. The van der Waals surface area contributed by atoms with E-state index in [1.54, 1.807) is 6.07 Å². The molecule has 1 aromatic heterocycles. The van der Waals surface area contributed by atoms with Crippen molar-refractivity contribution in [2.24, 2.45) is 5.41 Å². The van der Waals surface area contributed by atoms with Crippen LogP contribution in [0.25, 0.3) is 0 Å². The molecule has 0 atom stereocenters. The van der Waals surface area contributed by atoms with Crippen molar-refractivity contribution in [3.8, 4) is 0 Å². The third-order valence-corrected chi connectivity index (χ3v) is 5.36. The Balaban J connectivity index is 1.87. The molecular weight excluding hydrogens is 276 g/mol. The molecule has 0 unspecified atom stereocenters. The quantitative estimate of drug-likeness (QED) is 0.875. The number of nitrogens with one attached hydrogen (secondary N) is 2. The monoisotopic (exact) mass is 300 g/mol. The summed E-state index contributed by atoms with van der Waals surface area (Å²) in [7, 11) is -2.11. The Morgan fingerprint density at radius 2 is 1.95 bits per heavy atom. The minimum atomic E-state index is -3.48. The molecule has 0 bridgehead atoms. The molecular formula is C14H24N2O3S. The molecule has 6 heteroatoms. The molecule has 5 nitrogen and oxygen atoms in total. The van der Waals surface area contributed by atoms with E-state index in [4.69, 9.17) is 4.42 Å². The van der Waals surface area contributed by atoms with Gasteiger partial charge in [0.1, 0.15) is 5.76 Å². The highest BCUT2D eigenvalue weighted by Crippen LogP contribution is 2.35. The third-order valence-electron chi connectivity index (χ3n) is 4.07. The van der Waals surface area contributed by atoms with Gasteiger partial charge in [-0.3, -0.25) is 0 Å². The van der Waals surface area contributed by atoms with Crippen molar-refractivity contribution in [1.82, 2.24) is 10.0 Å². The van der Waals surface area contributed by atoms with Gasteiger partial charge in [0, 0.05) is 6.04 Å². The average Bonchev–Trinajstić information content (AvgIpc) is 2.87. The smallest absolute Gasteiger partial charge is 0.273 e. The summed E-state index contributed by atoms with van der Waals surface area (Å²) in [6.45, 7) is 5.19. The summed E-state index contributed by atoms with van der Waals surface area (Å²) in [6, 6.07) is 3.70. The number of rotatable bonds is 5. The Morgan fingerprint density at radius 1 is 1.30 bits per heavy atom. The fourth-order valence-corrected chi connectivity index (χ4v) is 3.21. The minimum absolute atomic E-state index is 0.0263. The van der Waals surface area contributed by atoms with Gasteiger partial charge in [0.05, 0.1) is 6.54 Å². The summed E-state index contributed by atoms with van der Waals surface area (Å²) in [5.41, 5.74) is 0.455. The summed E-state index contributed by atoms with van der Waals surface area (Å²) in [5.74, 6) is 0.656. The molecule has 2 rings (SSSR count). The summed E-state index contributed by atoms with van der Waals surface area (Å²) in [6.07, 6.45) is 4.77. The van der Waals surface area contributed by atoms with Gasteiger partial charge in [-0.1, -0.05) is 13.8 Å². The summed E-state index contributed by atoms with van der Waals surface area (Å²) >= 11 is 0. The van der Waals surface area contributed by atoms with Crippen molar-refractivity contribution in [2.45, 2.75) is 57.2 Å². The van der Waals surface area contributed by atoms with E-state index in [2.05, 4.69) is 23.9 Å². The van der Waals surface area contributed by atoms with Crippen LogP contribution in [-0.4, -0.2) is 21.5 Å². The minimum Gasteiger partial charge on any atom is -0.447 e. The highest BCUT2D eigenvalue weighted by atomic mass is 32.2. The van der Waals surface area contributed by atoms with Crippen LogP contribution in [0.5, 0.6) is 0 Å². The molecule has 1 aliphatic rings. The van der Waals surface area contributed by atoms with Crippen molar-refractivity contribution in [2.75, 3.05) is 7.05 Å². The Bertz CT molecular complexity index is 539. The summed E-state index contributed by atoms with van der Waals surface area (Å²) in [5, 5.41) is 3.42. The number of hydrogen-bond donors (Lipinski definition) is 2. The molecule has 0 aliphatic heterocycles. The van der Waals surface area contributed by atoms with Gasteiger partial charge >= 0.3 is 0 Å². The lowest BCUT2D eigenvalue weighted by atomic mass is 9.75. The van der Waals surface area contributed by atoms with Gasteiger partial charge in [0.2, 0.25) is 5.09 Å². The van der Waals surface area contributed by atoms with Gasteiger partial charge in [0.15, 0.2) is 0 Å². The van der Waals surface area contributed by atoms with E-state index in [0.717, 1.165) is 12.8 Å². The maximum Gasteiger partial charge on any atom is 0.273 e. The van der Waals surface area contributed by atoms with Crippen LogP contribution in [0, 0.1) is 5.41 Å². The van der Waals surface area contributed by atoms with Gasteiger partial charge in [-0.2, -0.15) is 0 Å². The van der Waals surface area contributed by atoms with E-state index in [1.807, 2.05) is 0 Å². The molecule has 0 saturated heterocycles. The van der Waals surface area contributed by atoms with Crippen LogP contribution >= 0.6 is 0 Å². The van der Waals surface area contributed by atoms with Crippen molar-refractivity contribution < 1.29 is 12.8 Å². The second-order valence-electron chi connectivity index (χ2n) is 6.25. The zero-order chi connectivity index (χ0) is 14.8. The molecule has 1 saturated carbocycles. The topological polar surface area (TPSA) is 71.3 Å². The molecule has 0 radical (unpaired) electrons. The maximum absolute atomic E-state index is 11.6. The number of hydrogen-bond acceptors (Lipinski definition) is 4. The summed E-state index contributed by atoms with van der Waals surface area (Å²) in [4.78, 5) is 0. The molecule has 1 aliphatic carbocycles. The second-order valence-corrected chi connectivity index (χ2v) is 8.07. The van der Waals surface area contributed by atoms with Crippen molar-refractivity contribution in [1.29, 1.82) is 0 Å². The highest BCUT2D eigenvalue weighted by molar-refractivity contribution is 7.89. The first-order chi connectivity index (χ1) is 9.32. The maximum atomic E-state index is 11.6. The Labute approximate surface area is 121 Å². The molecule has 1 heterocycles. The van der Waals surface area contributed by atoms with E-state index in [1.165, 1.54) is 26.0 Å². The zero-order valence-electron chi connectivity index (χ0n) is 12.4. The van der Waals surface area contributed by atoms with E-state index in [0.29, 0.717) is 23.8 Å².